The fraction of sp³-hybridized carbons (Fsp3) is 0.143. The van der Waals surface area contributed by atoms with Gasteiger partial charge in [0, 0.05) is 9.50 Å². The van der Waals surface area contributed by atoms with E-state index in [1.165, 1.54) is 6.07 Å². The maximum absolute atomic E-state index is 13.4. The fourth-order valence-corrected chi connectivity index (χ4v) is 2.77. The summed E-state index contributed by atoms with van der Waals surface area (Å²) in [5.74, 6) is -0.318. The lowest BCUT2D eigenvalue weighted by atomic mass is 10.0. The molecule has 2 rings (SSSR count). The van der Waals surface area contributed by atoms with E-state index in [-0.39, 0.29) is 5.82 Å². The number of hydrogen-bond donors (Lipinski definition) is 0. The maximum atomic E-state index is 13.4. The summed E-state index contributed by atoms with van der Waals surface area (Å²) in [5, 5.41) is -0.0487. The molecule has 2 aromatic carbocycles. The molecule has 18 heavy (non-hydrogen) atoms. The lowest BCUT2D eigenvalue weighted by Crippen LogP contribution is -1.97. The van der Waals surface area contributed by atoms with E-state index in [0.29, 0.717) is 10.6 Å². The van der Waals surface area contributed by atoms with Crippen molar-refractivity contribution in [2.75, 3.05) is 0 Å². The molecular weight excluding hydrogens is 338 g/mol. The first kappa shape index (κ1) is 13.9. The second-order valence-electron chi connectivity index (χ2n) is 4.04. The first-order valence-corrected chi connectivity index (χ1v) is 6.95. The van der Waals surface area contributed by atoms with Crippen molar-refractivity contribution in [3.05, 3.63) is 68.4 Å². The van der Waals surface area contributed by atoms with Crippen LogP contribution in [0.2, 0.25) is 5.02 Å². The summed E-state index contributed by atoms with van der Waals surface area (Å²) in [6.45, 7) is 1.69. The number of rotatable bonds is 2. The van der Waals surface area contributed by atoms with Crippen LogP contribution in [0.25, 0.3) is 0 Å². The molecule has 0 aliphatic heterocycles. The Hall–Kier alpha value is -0.570. The van der Waals surface area contributed by atoms with E-state index in [9.17, 15) is 4.39 Å². The summed E-state index contributed by atoms with van der Waals surface area (Å²) >= 11 is 15.9. The van der Waals surface area contributed by atoms with E-state index in [1.54, 1.807) is 13.0 Å². The minimum atomic E-state index is -0.394. The van der Waals surface area contributed by atoms with Crippen LogP contribution in [0.4, 0.5) is 4.39 Å². The smallest absolute Gasteiger partial charge is 0.127 e. The lowest BCUT2D eigenvalue weighted by molar-refractivity contribution is 0.618. The van der Waals surface area contributed by atoms with Gasteiger partial charge in [-0.2, -0.15) is 0 Å². The predicted octanol–water partition coefficient (Wildman–Crippen LogP) is 5.88. The minimum Gasteiger partial charge on any atom is -0.207 e. The van der Waals surface area contributed by atoms with Crippen molar-refractivity contribution < 1.29 is 4.39 Å². The average molecular weight is 348 g/mol. The molecule has 0 saturated heterocycles. The van der Waals surface area contributed by atoms with Crippen molar-refractivity contribution in [2.24, 2.45) is 0 Å². The first-order chi connectivity index (χ1) is 8.49. The molecule has 2 aromatic rings. The summed E-state index contributed by atoms with van der Waals surface area (Å²) in [7, 11) is 0. The Labute approximate surface area is 124 Å². The molecule has 0 heterocycles. The van der Waals surface area contributed by atoms with Crippen molar-refractivity contribution >= 4 is 39.1 Å². The van der Waals surface area contributed by atoms with Crippen molar-refractivity contribution in [1.29, 1.82) is 0 Å². The third kappa shape index (κ3) is 2.87. The van der Waals surface area contributed by atoms with E-state index in [1.807, 2.05) is 24.3 Å². The molecule has 4 heteroatoms. The molecule has 0 spiro atoms. The predicted molar refractivity (Wildman–Crippen MR) is 78.0 cm³/mol. The van der Waals surface area contributed by atoms with Crippen LogP contribution >= 0.6 is 39.1 Å². The number of aryl methyl sites for hydroxylation is 1. The standard InChI is InChI=1S/C14H10BrCl2F/c1-8-5-11(12(16)7-13(8)18)14(17)9-3-2-4-10(15)6-9/h2-7,14H,1H3. The molecular formula is C14H10BrCl2F. The van der Waals surface area contributed by atoms with E-state index >= 15 is 0 Å². The van der Waals surface area contributed by atoms with Gasteiger partial charge in [0.15, 0.2) is 0 Å². The van der Waals surface area contributed by atoms with Crippen LogP contribution in [0.3, 0.4) is 0 Å². The highest BCUT2D eigenvalue weighted by Gasteiger charge is 2.16. The zero-order valence-electron chi connectivity index (χ0n) is 9.55. The summed E-state index contributed by atoms with van der Waals surface area (Å²) in [4.78, 5) is 0. The van der Waals surface area contributed by atoms with E-state index < -0.39 is 5.38 Å². The molecule has 0 fully saturated rings. The molecule has 1 atom stereocenters. The van der Waals surface area contributed by atoms with Crippen LogP contribution in [0, 0.1) is 12.7 Å². The highest BCUT2D eigenvalue weighted by molar-refractivity contribution is 9.10. The molecule has 94 valence electrons. The van der Waals surface area contributed by atoms with Gasteiger partial charge in [-0.25, -0.2) is 4.39 Å². The molecule has 0 aliphatic carbocycles. The Morgan fingerprint density at radius 3 is 2.61 bits per heavy atom. The second-order valence-corrected chi connectivity index (χ2v) is 5.80. The zero-order valence-corrected chi connectivity index (χ0v) is 12.7. The molecule has 0 radical (unpaired) electrons. The van der Waals surface area contributed by atoms with Gasteiger partial charge in [0.2, 0.25) is 0 Å². The highest BCUT2D eigenvalue weighted by Crippen LogP contribution is 2.35. The van der Waals surface area contributed by atoms with Gasteiger partial charge in [0.1, 0.15) is 5.82 Å². The number of alkyl halides is 1. The maximum Gasteiger partial charge on any atom is 0.127 e. The van der Waals surface area contributed by atoms with Crippen LogP contribution in [0.1, 0.15) is 22.1 Å². The van der Waals surface area contributed by atoms with Gasteiger partial charge in [0.05, 0.1) is 5.38 Å². The summed E-state index contributed by atoms with van der Waals surface area (Å²) in [6, 6.07) is 10.7. The third-order valence-corrected chi connectivity index (χ3v) is 4.00. The largest absolute Gasteiger partial charge is 0.207 e. The third-order valence-electron chi connectivity index (χ3n) is 2.69. The Kier molecular flexibility index (Phi) is 4.31. The molecule has 0 N–H and O–H groups in total. The minimum absolute atomic E-state index is 0.318. The number of hydrogen-bond acceptors (Lipinski definition) is 0. The van der Waals surface area contributed by atoms with Gasteiger partial charge in [-0.15, -0.1) is 11.6 Å². The van der Waals surface area contributed by atoms with Gasteiger partial charge in [-0.05, 0) is 47.9 Å². The quantitative estimate of drug-likeness (QED) is 0.595. The monoisotopic (exact) mass is 346 g/mol. The SMILES string of the molecule is Cc1cc(C(Cl)c2cccc(Br)c2)c(Cl)cc1F. The Balaban J connectivity index is 2.46. The number of halogens is 4. The fourth-order valence-electron chi connectivity index (χ4n) is 1.72. The van der Waals surface area contributed by atoms with Gasteiger partial charge in [0.25, 0.3) is 0 Å². The molecule has 0 bridgehead atoms. The molecule has 0 amide bonds. The topological polar surface area (TPSA) is 0 Å². The zero-order chi connectivity index (χ0) is 13.3. The van der Waals surface area contributed by atoms with Crippen LogP contribution in [-0.4, -0.2) is 0 Å². The molecule has 1 unspecified atom stereocenters. The van der Waals surface area contributed by atoms with Crippen molar-refractivity contribution in [3.8, 4) is 0 Å². The van der Waals surface area contributed by atoms with Gasteiger partial charge < -0.3 is 0 Å². The Morgan fingerprint density at radius 2 is 1.94 bits per heavy atom. The van der Waals surface area contributed by atoms with E-state index in [4.69, 9.17) is 23.2 Å². The van der Waals surface area contributed by atoms with Crippen LogP contribution in [0.15, 0.2) is 40.9 Å². The van der Waals surface area contributed by atoms with E-state index in [0.717, 1.165) is 15.6 Å². The van der Waals surface area contributed by atoms with Crippen molar-refractivity contribution in [3.63, 3.8) is 0 Å². The van der Waals surface area contributed by atoms with Crippen LogP contribution in [-0.2, 0) is 0 Å². The summed E-state index contributed by atoms with van der Waals surface area (Å²) in [5.41, 5.74) is 2.17. The average Bonchev–Trinajstić information content (AvgIpc) is 2.33. The summed E-state index contributed by atoms with van der Waals surface area (Å²) < 4.78 is 14.3. The molecule has 0 aromatic heterocycles. The normalized spacial score (nSPS) is 12.5. The van der Waals surface area contributed by atoms with Gasteiger partial charge in [-0.1, -0.05) is 39.7 Å². The van der Waals surface area contributed by atoms with Crippen molar-refractivity contribution in [1.82, 2.24) is 0 Å². The van der Waals surface area contributed by atoms with Gasteiger partial charge in [-0.3, -0.25) is 0 Å². The second kappa shape index (κ2) is 5.60. The van der Waals surface area contributed by atoms with Crippen molar-refractivity contribution in [2.45, 2.75) is 12.3 Å². The van der Waals surface area contributed by atoms with E-state index in [2.05, 4.69) is 15.9 Å². The molecule has 0 saturated carbocycles. The molecule has 0 nitrogen and oxygen atoms in total. The summed E-state index contributed by atoms with van der Waals surface area (Å²) in [6.07, 6.45) is 0. The van der Waals surface area contributed by atoms with Crippen LogP contribution in [0.5, 0.6) is 0 Å². The highest BCUT2D eigenvalue weighted by atomic mass is 79.9. The Morgan fingerprint density at radius 1 is 1.22 bits per heavy atom. The van der Waals surface area contributed by atoms with Crippen LogP contribution < -0.4 is 0 Å². The molecule has 0 aliphatic rings. The first-order valence-electron chi connectivity index (χ1n) is 5.34. The number of benzene rings is 2. The Bertz CT molecular complexity index is 584. The van der Waals surface area contributed by atoms with Gasteiger partial charge >= 0.3 is 0 Å². The lowest BCUT2D eigenvalue weighted by Gasteiger charge is -2.14.